The summed E-state index contributed by atoms with van der Waals surface area (Å²) in [7, 11) is 0. The molecule has 132 valence electrons. The molecule has 0 aliphatic carbocycles. The highest BCUT2D eigenvalue weighted by Gasteiger charge is 2.07. The number of nitrogens with one attached hydrogen (secondary N) is 2. The molecule has 2 amide bonds. The van der Waals surface area contributed by atoms with E-state index in [1.165, 1.54) is 0 Å². The van der Waals surface area contributed by atoms with Crippen LogP contribution in [0.15, 0.2) is 48.5 Å². The minimum atomic E-state index is -0.128. The largest absolute Gasteiger partial charge is 0.493 e. The van der Waals surface area contributed by atoms with Gasteiger partial charge in [-0.15, -0.1) is 0 Å². The number of ether oxygens (including phenoxy) is 1. The van der Waals surface area contributed by atoms with Gasteiger partial charge in [0.15, 0.2) is 0 Å². The fourth-order valence-electron chi connectivity index (χ4n) is 2.23. The molecule has 6 nitrogen and oxygen atoms in total. The van der Waals surface area contributed by atoms with E-state index in [2.05, 4.69) is 10.6 Å². The van der Waals surface area contributed by atoms with Gasteiger partial charge in [-0.05, 0) is 42.8 Å². The number of aryl methyl sites for hydroxylation is 1. The third-order valence-corrected chi connectivity index (χ3v) is 3.50. The fourth-order valence-corrected chi connectivity index (χ4v) is 2.23. The molecule has 0 aliphatic heterocycles. The molecule has 0 atom stereocenters. The minimum Gasteiger partial charge on any atom is -0.493 e. The number of carbonyl (C=O) groups excluding carboxylic acids is 2. The van der Waals surface area contributed by atoms with Gasteiger partial charge in [0.2, 0.25) is 11.8 Å². The van der Waals surface area contributed by atoms with E-state index in [4.69, 9.17) is 10.5 Å². The van der Waals surface area contributed by atoms with Gasteiger partial charge in [-0.2, -0.15) is 0 Å². The lowest BCUT2D eigenvalue weighted by molar-refractivity contribution is -0.117. The molecule has 0 fully saturated rings. The third-order valence-electron chi connectivity index (χ3n) is 3.50. The normalized spacial score (nSPS) is 10.2. The summed E-state index contributed by atoms with van der Waals surface area (Å²) in [5.41, 5.74) is 7.61. The molecule has 2 aromatic rings. The first-order valence-electron chi connectivity index (χ1n) is 8.17. The molecule has 0 aromatic heterocycles. The first kappa shape index (κ1) is 18.5. The lowest BCUT2D eigenvalue weighted by atomic mass is 10.1. The maximum Gasteiger partial charge on any atom is 0.227 e. The van der Waals surface area contributed by atoms with Gasteiger partial charge in [0.1, 0.15) is 5.75 Å². The van der Waals surface area contributed by atoms with Gasteiger partial charge in [-0.3, -0.25) is 9.59 Å². The number of para-hydroxylation sites is 1. The number of rotatable bonds is 8. The Balaban J connectivity index is 1.83. The molecule has 0 spiro atoms. The number of benzene rings is 2. The Bertz CT molecular complexity index is 717. The van der Waals surface area contributed by atoms with Gasteiger partial charge in [0, 0.05) is 24.3 Å². The maximum absolute atomic E-state index is 12.0. The van der Waals surface area contributed by atoms with Crippen LogP contribution in [0.5, 0.6) is 5.75 Å². The monoisotopic (exact) mass is 341 g/mol. The van der Waals surface area contributed by atoms with E-state index in [-0.39, 0.29) is 24.7 Å². The number of amides is 2. The molecule has 0 radical (unpaired) electrons. The van der Waals surface area contributed by atoms with Crippen LogP contribution < -0.4 is 21.1 Å². The number of nitrogens with two attached hydrogens (primary N) is 1. The summed E-state index contributed by atoms with van der Waals surface area (Å²) in [5.74, 6) is 0.486. The van der Waals surface area contributed by atoms with Crippen LogP contribution in [0.25, 0.3) is 0 Å². The van der Waals surface area contributed by atoms with Crippen molar-refractivity contribution in [3.63, 3.8) is 0 Å². The van der Waals surface area contributed by atoms with Crippen LogP contribution in [0.4, 0.5) is 11.4 Å². The van der Waals surface area contributed by atoms with E-state index in [1.807, 2.05) is 43.3 Å². The summed E-state index contributed by atoms with van der Waals surface area (Å²) in [6, 6.07) is 14.7. The Hall–Kier alpha value is -2.86. The number of hydrogen-bond acceptors (Lipinski definition) is 4. The molecule has 0 heterocycles. The maximum atomic E-state index is 12.0. The summed E-state index contributed by atoms with van der Waals surface area (Å²) in [6.07, 6.45) is 0.530. The van der Waals surface area contributed by atoms with Crippen LogP contribution in [0.3, 0.4) is 0 Å². The quantitative estimate of drug-likeness (QED) is 0.688. The van der Waals surface area contributed by atoms with Crippen molar-refractivity contribution in [1.29, 1.82) is 0 Å². The van der Waals surface area contributed by atoms with Crippen molar-refractivity contribution in [2.75, 3.05) is 23.8 Å². The van der Waals surface area contributed by atoms with Crippen molar-refractivity contribution >= 4 is 23.2 Å². The summed E-state index contributed by atoms with van der Waals surface area (Å²) < 4.78 is 5.51. The molecule has 0 saturated heterocycles. The summed E-state index contributed by atoms with van der Waals surface area (Å²) in [6.45, 7) is 2.49. The highest BCUT2D eigenvalue weighted by Crippen LogP contribution is 2.20. The molecular weight excluding hydrogens is 318 g/mol. The SMILES string of the molecule is Cc1cc(NC(=O)CCN)ccc1NC(=O)CCOc1ccccc1. The average Bonchev–Trinajstić information content (AvgIpc) is 2.58. The minimum absolute atomic E-state index is 0.126. The summed E-state index contributed by atoms with van der Waals surface area (Å²) in [5, 5.41) is 5.62. The van der Waals surface area contributed by atoms with Gasteiger partial charge in [-0.1, -0.05) is 18.2 Å². The van der Waals surface area contributed by atoms with Crippen molar-refractivity contribution < 1.29 is 14.3 Å². The smallest absolute Gasteiger partial charge is 0.227 e. The molecule has 2 rings (SSSR count). The van der Waals surface area contributed by atoms with Crippen molar-refractivity contribution in [3.8, 4) is 5.75 Å². The zero-order valence-electron chi connectivity index (χ0n) is 14.2. The van der Waals surface area contributed by atoms with Crippen LogP contribution >= 0.6 is 0 Å². The fraction of sp³-hybridized carbons (Fsp3) is 0.263. The Labute approximate surface area is 147 Å². The van der Waals surface area contributed by atoms with Gasteiger partial charge in [-0.25, -0.2) is 0 Å². The van der Waals surface area contributed by atoms with Crippen molar-refractivity contribution in [3.05, 3.63) is 54.1 Å². The number of anilines is 2. The average molecular weight is 341 g/mol. The van der Waals surface area contributed by atoms with E-state index >= 15 is 0 Å². The molecule has 25 heavy (non-hydrogen) atoms. The third kappa shape index (κ3) is 6.27. The second-order valence-electron chi connectivity index (χ2n) is 5.58. The molecule has 2 aromatic carbocycles. The standard InChI is InChI=1S/C19H23N3O3/c1-14-13-15(21-18(23)9-11-20)7-8-17(14)22-19(24)10-12-25-16-5-3-2-4-6-16/h2-8,13H,9-12,20H2,1H3,(H,21,23)(H,22,24). The molecule has 4 N–H and O–H groups in total. The second kappa shape index (κ2) is 9.44. The highest BCUT2D eigenvalue weighted by atomic mass is 16.5. The predicted octanol–water partition coefficient (Wildman–Crippen LogP) is 2.69. The van der Waals surface area contributed by atoms with Crippen LogP contribution in [0.2, 0.25) is 0 Å². The van der Waals surface area contributed by atoms with Gasteiger partial charge in [0.05, 0.1) is 13.0 Å². The Morgan fingerprint density at radius 3 is 2.40 bits per heavy atom. The van der Waals surface area contributed by atoms with E-state index < -0.39 is 0 Å². The van der Waals surface area contributed by atoms with Crippen molar-refractivity contribution in [1.82, 2.24) is 0 Å². The Morgan fingerprint density at radius 1 is 1.00 bits per heavy atom. The van der Waals surface area contributed by atoms with E-state index in [1.54, 1.807) is 12.1 Å². The molecule has 0 unspecified atom stereocenters. The summed E-state index contributed by atoms with van der Waals surface area (Å²) >= 11 is 0. The van der Waals surface area contributed by atoms with Crippen LogP contribution in [0.1, 0.15) is 18.4 Å². The van der Waals surface area contributed by atoms with Gasteiger partial charge < -0.3 is 21.1 Å². The lowest BCUT2D eigenvalue weighted by Gasteiger charge is -2.11. The first-order valence-corrected chi connectivity index (χ1v) is 8.17. The lowest BCUT2D eigenvalue weighted by Crippen LogP contribution is -2.17. The molecular formula is C19H23N3O3. The van der Waals surface area contributed by atoms with Crippen molar-refractivity contribution in [2.24, 2.45) is 5.73 Å². The zero-order chi connectivity index (χ0) is 18.1. The summed E-state index contributed by atoms with van der Waals surface area (Å²) in [4.78, 5) is 23.6. The second-order valence-corrected chi connectivity index (χ2v) is 5.58. The van der Waals surface area contributed by atoms with Crippen molar-refractivity contribution in [2.45, 2.75) is 19.8 Å². The highest BCUT2D eigenvalue weighted by molar-refractivity contribution is 5.93. The van der Waals surface area contributed by atoms with Crippen LogP contribution in [0, 0.1) is 6.92 Å². The number of hydrogen-bond donors (Lipinski definition) is 3. The zero-order valence-corrected chi connectivity index (χ0v) is 14.2. The molecule has 0 aliphatic rings. The van der Waals surface area contributed by atoms with Crippen LogP contribution in [-0.4, -0.2) is 25.0 Å². The molecule has 6 heteroatoms. The number of carbonyl (C=O) groups is 2. The van der Waals surface area contributed by atoms with Gasteiger partial charge in [0.25, 0.3) is 0 Å². The first-order chi connectivity index (χ1) is 12.1. The van der Waals surface area contributed by atoms with Gasteiger partial charge >= 0.3 is 0 Å². The topological polar surface area (TPSA) is 93.5 Å². The Kier molecular flexibility index (Phi) is 6.98. The van der Waals surface area contributed by atoms with E-state index in [0.717, 1.165) is 11.3 Å². The predicted molar refractivity (Wildman–Crippen MR) is 98.7 cm³/mol. The molecule has 0 saturated carbocycles. The van der Waals surface area contributed by atoms with Crippen LogP contribution in [-0.2, 0) is 9.59 Å². The van der Waals surface area contributed by atoms with E-state index in [0.29, 0.717) is 24.5 Å². The Morgan fingerprint density at radius 2 is 1.72 bits per heavy atom. The molecule has 0 bridgehead atoms. The van der Waals surface area contributed by atoms with E-state index in [9.17, 15) is 9.59 Å².